The molecule has 1 fully saturated rings. The maximum Gasteiger partial charge on any atom is 0.295 e. The molecule has 2 atom stereocenters. The number of carbonyl (C=O) groups excluding carboxylic acids is 2. The van der Waals surface area contributed by atoms with Gasteiger partial charge in [-0.25, -0.2) is 4.98 Å². The second-order valence-electron chi connectivity index (χ2n) is 9.52. The van der Waals surface area contributed by atoms with Crippen LogP contribution < -0.4 is 9.47 Å². The number of hydrogen-bond donors (Lipinski definition) is 1. The van der Waals surface area contributed by atoms with Gasteiger partial charge in [-0.2, -0.15) is 0 Å². The molecule has 0 saturated carbocycles. The van der Waals surface area contributed by atoms with Gasteiger partial charge in [-0.05, 0) is 61.2 Å². The van der Waals surface area contributed by atoms with Crippen molar-refractivity contribution in [2.24, 2.45) is 0 Å². The van der Waals surface area contributed by atoms with Crippen LogP contribution in [0, 0.1) is 0 Å². The van der Waals surface area contributed by atoms with Gasteiger partial charge >= 0.3 is 0 Å². The number of Topliss-reactive ketones (excluding diaryl/α,β-unsaturated/α-hetero) is 1. The van der Waals surface area contributed by atoms with Crippen LogP contribution in [-0.4, -0.2) is 50.5 Å². The van der Waals surface area contributed by atoms with E-state index in [1.807, 2.05) is 61.0 Å². The number of imidazole rings is 1. The van der Waals surface area contributed by atoms with E-state index in [9.17, 15) is 14.7 Å². The van der Waals surface area contributed by atoms with Crippen molar-refractivity contribution in [3.05, 3.63) is 83.4 Å². The lowest BCUT2D eigenvalue weighted by Crippen LogP contribution is -2.31. The van der Waals surface area contributed by atoms with Crippen LogP contribution in [0.25, 0.3) is 5.76 Å². The second kappa shape index (κ2) is 10.5. The van der Waals surface area contributed by atoms with Gasteiger partial charge in [0.1, 0.15) is 23.4 Å². The van der Waals surface area contributed by atoms with Gasteiger partial charge in [-0.1, -0.05) is 19.1 Å². The number of aryl methyl sites for hydroxylation is 1. The molecule has 0 radical (unpaired) electrons. The molecule has 0 spiro atoms. The fraction of sp³-hybridized carbons (Fsp3) is 0.345. The smallest absolute Gasteiger partial charge is 0.295 e. The Bertz CT molecular complexity index is 1330. The number of rotatable bonds is 9. The molecule has 2 aromatic carbocycles. The summed E-state index contributed by atoms with van der Waals surface area (Å²) in [6, 6.07) is 12.1. The van der Waals surface area contributed by atoms with E-state index < -0.39 is 17.7 Å². The third-order valence-electron chi connectivity index (χ3n) is 6.73. The lowest BCUT2D eigenvalue weighted by Gasteiger charge is -2.26. The zero-order valence-electron chi connectivity index (χ0n) is 21.1. The molecule has 0 aliphatic carbocycles. The highest BCUT2D eigenvalue weighted by Crippen LogP contribution is 2.41. The molecule has 1 N–H and O–H groups in total. The van der Waals surface area contributed by atoms with Crippen molar-refractivity contribution in [1.82, 2.24) is 14.5 Å². The van der Waals surface area contributed by atoms with Crippen LogP contribution >= 0.6 is 0 Å². The van der Waals surface area contributed by atoms with Gasteiger partial charge in [-0.15, -0.1) is 0 Å². The van der Waals surface area contributed by atoms with Crippen molar-refractivity contribution in [2.75, 3.05) is 13.2 Å². The van der Waals surface area contributed by atoms with Crippen LogP contribution in [-0.2, 0) is 22.6 Å². The minimum absolute atomic E-state index is 0.0549. The highest BCUT2D eigenvalue weighted by atomic mass is 16.5. The lowest BCUT2D eigenvalue weighted by atomic mass is 9.94. The number of fused-ring (bicyclic) bond motifs is 1. The van der Waals surface area contributed by atoms with E-state index in [1.165, 1.54) is 0 Å². The molecular weight excluding hydrogens is 470 g/mol. The number of ketones is 1. The number of amides is 1. The molecule has 1 saturated heterocycles. The lowest BCUT2D eigenvalue weighted by molar-refractivity contribution is -0.139. The van der Waals surface area contributed by atoms with Crippen molar-refractivity contribution >= 4 is 17.4 Å². The summed E-state index contributed by atoms with van der Waals surface area (Å²) in [7, 11) is 0. The van der Waals surface area contributed by atoms with Crippen LogP contribution in [0.2, 0.25) is 0 Å². The van der Waals surface area contributed by atoms with E-state index in [4.69, 9.17) is 9.47 Å². The minimum Gasteiger partial charge on any atom is -0.507 e. The SMILES string of the molecule is CCCOc1cccc(C2/C(=C(/O)c3ccc4c(c3)CC(C)O4)C(=O)C(=O)N2CCCn2ccnc2)c1. The van der Waals surface area contributed by atoms with E-state index in [0.29, 0.717) is 37.4 Å². The standard InChI is InChI=1S/C29H31N3O5/c1-3-14-36-23-7-4-6-20(17-23)26-25(27(33)21-8-9-24-22(16-21)15-19(2)37-24)28(34)29(35)32(26)12-5-11-31-13-10-30-18-31/h4,6-10,13,16-19,26,33H,3,5,11-12,14-15H2,1-2H3/b27-25-. The predicted molar refractivity (Wildman–Crippen MR) is 138 cm³/mol. The first-order valence-corrected chi connectivity index (χ1v) is 12.7. The van der Waals surface area contributed by atoms with E-state index >= 15 is 0 Å². The van der Waals surface area contributed by atoms with Crippen LogP contribution in [0.5, 0.6) is 11.5 Å². The summed E-state index contributed by atoms with van der Waals surface area (Å²) in [6.45, 7) is 5.58. The number of benzene rings is 2. The number of likely N-dealkylation sites (tertiary alicyclic amines) is 1. The van der Waals surface area contributed by atoms with Crippen molar-refractivity contribution in [1.29, 1.82) is 0 Å². The van der Waals surface area contributed by atoms with E-state index in [0.717, 1.165) is 29.7 Å². The number of nitrogens with zero attached hydrogens (tertiary/aromatic N) is 3. The highest BCUT2D eigenvalue weighted by molar-refractivity contribution is 6.46. The third kappa shape index (κ3) is 4.96. The Morgan fingerprint density at radius 2 is 2.05 bits per heavy atom. The first kappa shape index (κ1) is 24.6. The molecule has 2 unspecified atom stereocenters. The molecule has 3 heterocycles. The molecule has 2 aliphatic heterocycles. The Balaban J connectivity index is 1.53. The molecule has 192 valence electrons. The van der Waals surface area contributed by atoms with E-state index in [-0.39, 0.29) is 17.4 Å². The topological polar surface area (TPSA) is 93.9 Å². The fourth-order valence-corrected chi connectivity index (χ4v) is 5.02. The Morgan fingerprint density at radius 1 is 1.19 bits per heavy atom. The number of carbonyl (C=O) groups is 2. The van der Waals surface area contributed by atoms with Crippen LogP contribution in [0.1, 0.15) is 49.4 Å². The van der Waals surface area contributed by atoms with Crippen LogP contribution in [0.4, 0.5) is 0 Å². The molecule has 37 heavy (non-hydrogen) atoms. The summed E-state index contributed by atoms with van der Waals surface area (Å²) >= 11 is 0. The Labute approximate surface area is 216 Å². The summed E-state index contributed by atoms with van der Waals surface area (Å²) in [5.41, 5.74) is 2.27. The molecule has 8 heteroatoms. The number of aliphatic hydroxyl groups is 1. The number of aliphatic hydroxyl groups excluding tert-OH is 1. The van der Waals surface area contributed by atoms with Gasteiger partial charge < -0.3 is 24.0 Å². The van der Waals surface area contributed by atoms with Gasteiger partial charge in [0.15, 0.2) is 0 Å². The average molecular weight is 502 g/mol. The summed E-state index contributed by atoms with van der Waals surface area (Å²) in [6.07, 6.45) is 7.55. The minimum atomic E-state index is -0.726. The van der Waals surface area contributed by atoms with Crippen molar-refractivity contribution < 1.29 is 24.2 Å². The van der Waals surface area contributed by atoms with Crippen molar-refractivity contribution in [2.45, 2.75) is 51.8 Å². The number of ether oxygens (including phenoxy) is 2. The van der Waals surface area contributed by atoms with Gasteiger partial charge in [0.25, 0.3) is 11.7 Å². The molecule has 5 rings (SSSR count). The zero-order chi connectivity index (χ0) is 25.9. The number of hydrogen-bond acceptors (Lipinski definition) is 6. The Kier molecular flexibility index (Phi) is 6.99. The molecule has 8 nitrogen and oxygen atoms in total. The summed E-state index contributed by atoms with van der Waals surface area (Å²) in [5.74, 6) is -0.0404. The Morgan fingerprint density at radius 3 is 2.84 bits per heavy atom. The molecule has 3 aromatic rings. The molecule has 0 bridgehead atoms. The normalized spacial score (nSPS) is 20.2. The van der Waals surface area contributed by atoms with Gasteiger partial charge in [0.05, 0.1) is 24.5 Å². The van der Waals surface area contributed by atoms with Crippen molar-refractivity contribution in [3.8, 4) is 11.5 Å². The van der Waals surface area contributed by atoms with Gasteiger partial charge in [-0.3, -0.25) is 9.59 Å². The number of aromatic nitrogens is 2. The largest absolute Gasteiger partial charge is 0.507 e. The summed E-state index contributed by atoms with van der Waals surface area (Å²) in [5, 5.41) is 11.4. The van der Waals surface area contributed by atoms with E-state index in [2.05, 4.69) is 4.98 Å². The molecule has 1 amide bonds. The van der Waals surface area contributed by atoms with E-state index in [1.54, 1.807) is 23.5 Å². The van der Waals surface area contributed by atoms with Crippen molar-refractivity contribution in [3.63, 3.8) is 0 Å². The maximum atomic E-state index is 13.4. The summed E-state index contributed by atoms with van der Waals surface area (Å²) in [4.78, 5) is 32.3. The van der Waals surface area contributed by atoms with Crippen LogP contribution in [0.15, 0.2) is 66.8 Å². The Hall–Kier alpha value is -4.07. The maximum absolute atomic E-state index is 13.4. The molecular formula is C29H31N3O5. The quantitative estimate of drug-likeness (QED) is 0.264. The zero-order valence-corrected chi connectivity index (χ0v) is 21.1. The van der Waals surface area contributed by atoms with Gasteiger partial charge in [0, 0.05) is 37.5 Å². The molecule has 2 aliphatic rings. The van der Waals surface area contributed by atoms with Crippen LogP contribution in [0.3, 0.4) is 0 Å². The fourth-order valence-electron chi connectivity index (χ4n) is 5.02. The third-order valence-corrected chi connectivity index (χ3v) is 6.73. The highest BCUT2D eigenvalue weighted by Gasteiger charge is 2.46. The monoisotopic (exact) mass is 501 g/mol. The average Bonchev–Trinajstić information content (AvgIpc) is 3.61. The summed E-state index contributed by atoms with van der Waals surface area (Å²) < 4.78 is 13.5. The predicted octanol–water partition coefficient (Wildman–Crippen LogP) is 4.51. The molecule has 1 aromatic heterocycles. The first-order valence-electron chi connectivity index (χ1n) is 12.7. The second-order valence-corrected chi connectivity index (χ2v) is 9.52. The first-order chi connectivity index (χ1) is 18.0. The van der Waals surface area contributed by atoms with Gasteiger partial charge in [0.2, 0.25) is 0 Å².